The molecule has 0 aliphatic rings. The Morgan fingerprint density at radius 2 is 1.95 bits per heavy atom. The maximum Gasteiger partial charge on any atom is 0.138 e. The van der Waals surface area contributed by atoms with Gasteiger partial charge in [0.2, 0.25) is 0 Å². The molecule has 1 atom stereocenters. The molecule has 1 N–H and O–H groups in total. The minimum Gasteiger partial charge on any atom is -0.319 e. The fourth-order valence-electron chi connectivity index (χ4n) is 2.84. The second-order valence-corrected chi connectivity index (χ2v) is 5.20. The van der Waals surface area contributed by atoms with E-state index in [0.717, 1.165) is 31.8 Å². The molecule has 0 bridgehead atoms. The average Bonchev–Trinajstić information content (AvgIpc) is 2.94. The summed E-state index contributed by atoms with van der Waals surface area (Å²) in [7, 11) is 2.01. The molecule has 1 unspecified atom stereocenters. The van der Waals surface area contributed by atoms with Crippen molar-refractivity contribution in [1.29, 1.82) is 0 Å². The van der Waals surface area contributed by atoms with E-state index in [9.17, 15) is 0 Å². The Bertz CT molecular complexity index is 520. The molecule has 108 valence electrons. The summed E-state index contributed by atoms with van der Waals surface area (Å²) in [6, 6.07) is 10.7. The van der Waals surface area contributed by atoms with Gasteiger partial charge in [0.15, 0.2) is 0 Å². The van der Waals surface area contributed by atoms with Crippen LogP contribution in [-0.4, -0.2) is 28.4 Å². The first-order valence-corrected chi connectivity index (χ1v) is 7.32. The van der Waals surface area contributed by atoms with E-state index in [0.29, 0.717) is 0 Å². The highest BCUT2D eigenvalue weighted by Gasteiger charge is 2.31. The highest BCUT2D eigenvalue weighted by molar-refractivity contribution is 5.27. The molecule has 4 nitrogen and oxygen atoms in total. The van der Waals surface area contributed by atoms with Gasteiger partial charge in [-0.2, -0.15) is 5.10 Å². The topological polar surface area (TPSA) is 42.7 Å². The lowest BCUT2D eigenvalue weighted by Gasteiger charge is -2.33. The lowest BCUT2D eigenvalue weighted by Crippen LogP contribution is -2.39. The van der Waals surface area contributed by atoms with Crippen LogP contribution in [0.25, 0.3) is 0 Å². The largest absolute Gasteiger partial charge is 0.319 e. The van der Waals surface area contributed by atoms with Gasteiger partial charge in [0.05, 0.1) is 0 Å². The van der Waals surface area contributed by atoms with Gasteiger partial charge in [0.1, 0.15) is 12.2 Å². The number of hydrogen-bond acceptors (Lipinski definition) is 3. The van der Waals surface area contributed by atoms with E-state index in [2.05, 4.69) is 59.6 Å². The molecule has 4 heteroatoms. The maximum absolute atomic E-state index is 4.45. The quantitative estimate of drug-likeness (QED) is 0.841. The number of hydrogen-bond donors (Lipinski definition) is 1. The van der Waals surface area contributed by atoms with Crippen LogP contribution >= 0.6 is 0 Å². The summed E-state index contributed by atoms with van der Waals surface area (Å²) in [5.41, 5.74) is 1.43. The molecule has 1 aromatic heterocycles. The Kier molecular flexibility index (Phi) is 4.90. The van der Waals surface area contributed by atoms with Gasteiger partial charge < -0.3 is 5.32 Å². The van der Waals surface area contributed by atoms with E-state index in [1.165, 1.54) is 5.56 Å². The molecule has 0 aliphatic heterocycles. The Balaban J connectivity index is 2.37. The van der Waals surface area contributed by atoms with E-state index in [1.807, 2.05) is 11.7 Å². The van der Waals surface area contributed by atoms with Crippen LogP contribution in [0.5, 0.6) is 0 Å². The maximum atomic E-state index is 4.45. The van der Waals surface area contributed by atoms with E-state index in [1.54, 1.807) is 6.33 Å². The second-order valence-electron chi connectivity index (χ2n) is 5.20. The van der Waals surface area contributed by atoms with Gasteiger partial charge in [-0.3, -0.25) is 4.68 Å². The molecular weight excluding hydrogens is 248 g/mol. The highest BCUT2D eigenvalue weighted by Crippen LogP contribution is 2.31. The van der Waals surface area contributed by atoms with Crippen LogP contribution in [0.1, 0.15) is 31.7 Å². The van der Waals surface area contributed by atoms with Crippen molar-refractivity contribution in [3.05, 3.63) is 48.0 Å². The number of aryl methyl sites for hydroxylation is 1. The normalized spacial score (nSPS) is 14.2. The minimum absolute atomic E-state index is 0.0654. The first kappa shape index (κ1) is 14.7. The van der Waals surface area contributed by atoms with Gasteiger partial charge in [0, 0.05) is 24.9 Å². The van der Waals surface area contributed by atoms with Crippen LogP contribution in [0.2, 0.25) is 0 Å². The second kappa shape index (κ2) is 6.66. The van der Waals surface area contributed by atoms with Crippen LogP contribution in [0, 0.1) is 0 Å². The third-order valence-corrected chi connectivity index (χ3v) is 4.07. The van der Waals surface area contributed by atoms with E-state index in [4.69, 9.17) is 0 Å². The zero-order valence-electron chi connectivity index (χ0n) is 12.6. The standard InChI is InChI=1S/C16H24N4/c1-4-16(12-17-3,14-9-7-6-8-10-14)11-15-18-13-19-20(15)5-2/h6-10,13,17H,4-5,11-12H2,1-3H3. The third-order valence-electron chi connectivity index (χ3n) is 4.07. The molecule has 0 saturated heterocycles. The summed E-state index contributed by atoms with van der Waals surface area (Å²) in [6.45, 7) is 6.15. The number of nitrogens with one attached hydrogen (secondary N) is 1. The Hall–Kier alpha value is -1.68. The number of benzene rings is 1. The molecule has 0 fully saturated rings. The third kappa shape index (κ3) is 2.90. The molecular formula is C16H24N4. The Morgan fingerprint density at radius 3 is 2.55 bits per heavy atom. The molecule has 1 aromatic carbocycles. The highest BCUT2D eigenvalue weighted by atomic mass is 15.3. The van der Waals surface area contributed by atoms with Crippen molar-refractivity contribution in [2.24, 2.45) is 0 Å². The summed E-state index contributed by atoms with van der Waals surface area (Å²) < 4.78 is 1.99. The summed E-state index contributed by atoms with van der Waals surface area (Å²) in [4.78, 5) is 4.45. The van der Waals surface area contributed by atoms with Crippen molar-refractivity contribution in [2.45, 2.75) is 38.6 Å². The van der Waals surface area contributed by atoms with Gasteiger partial charge in [-0.1, -0.05) is 37.3 Å². The fraction of sp³-hybridized carbons (Fsp3) is 0.500. The van der Waals surface area contributed by atoms with Crippen LogP contribution in [0.15, 0.2) is 36.7 Å². The van der Waals surface area contributed by atoms with Crippen molar-refractivity contribution < 1.29 is 0 Å². The van der Waals surface area contributed by atoms with Crippen molar-refractivity contribution in [2.75, 3.05) is 13.6 Å². The smallest absolute Gasteiger partial charge is 0.138 e. The average molecular weight is 272 g/mol. The van der Waals surface area contributed by atoms with Crippen LogP contribution < -0.4 is 5.32 Å². The molecule has 0 radical (unpaired) electrons. The molecule has 0 amide bonds. The van der Waals surface area contributed by atoms with Gasteiger partial charge in [-0.05, 0) is 26.0 Å². The molecule has 20 heavy (non-hydrogen) atoms. The van der Waals surface area contributed by atoms with Crippen LogP contribution in [0.4, 0.5) is 0 Å². The number of nitrogens with zero attached hydrogens (tertiary/aromatic N) is 3. The predicted molar refractivity (Wildman–Crippen MR) is 81.7 cm³/mol. The molecule has 2 aromatic rings. The van der Waals surface area contributed by atoms with Gasteiger partial charge >= 0.3 is 0 Å². The number of likely N-dealkylation sites (N-methyl/N-ethyl adjacent to an activating group) is 1. The van der Waals surface area contributed by atoms with Gasteiger partial charge in [-0.15, -0.1) is 0 Å². The lowest BCUT2D eigenvalue weighted by molar-refractivity contribution is 0.374. The SMILES string of the molecule is CCn1ncnc1CC(CC)(CNC)c1ccccc1. The Labute approximate surface area is 121 Å². The molecule has 1 heterocycles. The fourth-order valence-corrected chi connectivity index (χ4v) is 2.84. The molecule has 2 rings (SSSR count). The predicted octanol–water partition coefficient (Wildman–Crippen LogP) is 2.41. The molecule has 0 aliphatic carbocycles. The van der Waals surface area contributed by atoms with Crippen LogP contribution in [0.3, 0.4) is 0 Å². The zero-order chi connectivity index (χ0) is 14.4. The molecule has 0 saturated carbocycles. The van der Waals surface area contributed by atoms with E-state index < -0.39 is 0 Å². The first-order chi connectivity index (χ1) is 9.75. The number of rotatable bonds is 7. The molecule has 0 spiro atoms. The summed E-state index contributed by atoms with van der Waals surface area (Å²) in [6.07, 6.45) is 3.63. The summed E-state index contributed by atoms with van der Waals surface area (Å²) >= 11 is 0. The van der Waals surface area contributed by atoms with Crippen molar-refractivity contribution in [3.8, 4) is 0 Å². The van der Waals surface area contributed by atoms with Gasteiger partial charge in [-0.25, -0.2) is 4.98 Å². The summed E-state index contributed by atoms with van der Waals surface area (Å²) in [5.74, 6) is 1.06. The number of aromatic nitrogens is 3. The van der Waals surface area contributed by atoms with Crippen molar-refractivity contribution >= 4 is 0 Å². The Morgan fingerprint density at radius 1 is 1.20 bits per heavy atom. The van der Waals surface area contributed by atoms with E-state index in [-0.39, 0.29) is 5.41 Å². The minimum atomic E-state index is 0.0654. The zero-order valence-corrected chi connectivity index (χ0v) is 12.6. The van der Waals surface area contributed by atoms with Crippen molar-refractivity contribution in [1.82, 2.24) is 20.1 Å². The van der Waals surface area contributed by atoms with Gasteiger partial charge in [0.25, 0.3) is 0 Å². The van der Waals surface area contributed by atoms with Crippen molar-refractivity contribution in [3.63, 3.8) is 0 Å². The van der Waals surface area contributed by atoms with Crippen LogP contribution in [-0.2, 0) is 18.4 Å². The van der Waals surface area contributed by atoms with E-state index >= 15 is 0 Å². The lowest BCUT2D eigenvalue weighted by atomic mass is 9.75. The summed E-state index contributed by atoms with van der Waals surface area (Å²) in [5, 5.41) is 7.64. The first-order valence-electron chi connectivity index (χ1n) is 7.32. The monoisotopic (exact) mass is 272 g/mol.